The summed E-state index contributed by atoms with van der Waals surface area (Å²) in [4.78, 5) is 13.8. The van der Waals surface area contributed by atoms with Crippen LogP contribution in [0.2, 0.25) is 0 Å². The molecule has 1 heterocycles. The summed E-state index contributed by atoms with van der Waals surface area (Å²) in [5.74, 6) is -1.84. The van der Waals surface area contributed by atoms with Crippen molar-refractivity contribution in [3.63, 3.8) is 0 Å². The average Bonchev–Trinajstić information content (AvgIpc) is 2.34. The number of nitrogens with one attached hydrogen (secondary N) is 1. The van der Waals surface area contributed by atoms with E-state index in [1.807, 2.05) is 6.92 Å². The third kappa shape index (κ3) is 3.88. The van der Waals surface area contributed by atoms with Gasteiger partial charge in [-0.2, -0.15) is 0 Å². The Balaban J connectivity index is 0.00000180. The minimum absolute atomic E-state index is 0. The summed E-state index contributed by atoms with van der Waals surface area (Å²) >= 11 is 0. The zero-order chi connectivity index (χ0) is 13.1. The fraction of sp³-hybridized carbons (Fsp3) is 0.462. The Kier molecular flexibility index (Phi) is 5.69. The van der Waals surface area contributed by atoms with Crippen molar-refractivity contribution in [1.82, 2.24) is 10.2 Å². The van der Waals surface area contributed by atoms with Crippen molar-refractivity contribution >= 4 is 18.3 Å². The highest BCUT2D eigenvalue weighted by atomic mass is 35.5. The lowest BCUT2D eigenvalue weighted by atomic mass is 10.1. The topological polar surface area (TPSA) is 32.3 Å². The van der Waals surface area contributed by atoms with Crippen LogP contribution in [0.5, 0.6) is 0 Å². The lowest BCUT2D eigenvalue weighted by molar-refractivity contribution is -0.133. The first kappa shape index (κ1) is 15.9. The van der Waals surface area contributed by atoms with E-state index in [0.29, 0.717) is 12.1 Å². The first-order chi connectivity index (χ1) is 8.58. The van der Waals surface area contributed by atoms with Crippen LogP contribution in [0.15, 0.2) is 18.2 Å². The van der Waals surface area contributed by atoms with E-state index in [4.69, 9.17) is 0 Å². The Bertz CT molecular complexity index is 456. The van der Waals surface area contributed by atoms with Crippen molar-refractivity contribution in [3.8, 4) is 0 Å². The highest BCUT2D eigenvalue weighted by Crippen LogP contribution is 2.12. The fourth-order valence-corrected chi connectivity index (χ4v) is 2.14. The van der Waals surface area contributed by atoms with Gasteiger partial charge >= 0.3 is 0 Å². The Morgan fingerprint density at radius 3 is 2.79 bits per heavy atom. The van der Waals surface area contributed by atoms with Gasteiger partial charge in [-0.3, -0.25) is 4.79 Å². The van der Waals surface area contributed by atoms with Crippen molar-refractivity contribution in [2.75, 3.05) is 19.6 Å². The lowest BCUT2D eigenvalue weighted by Gasteiger charge is -2.34. The summed E-state index contributed by atoms with van der Waals surface area (Å²) < 4.78 is 25.8. The van der Waals surface area contributed by atoms with Gasteiger partial charge in [0.2, 0.25) is 5.91 Å². The van der Waals surface area contributed by atoms with E-state index in [2.05, 4.69) is 5.32 Å². The molecule has 1 atom stereocenters. The van der Waals surface area contributed by atoms with Crippen molar-refractivity contribution in [1.29, 1.82) is 0 Å². The Morgan fingerprint density at radius 2 is 2.16 bits per heavy atom. The molecule has 0 saturated carbocycles. The highest BCUT2D eigenvalue weighted by molar-refractivity contribution is 5.85. The van der Waals surface area contributed by atoms with Crippen molar-refractivity contribution in [2.45, 2.75) is 19.4 Å². The molecule has 106 valence electrons. The molecule has 1 saturated heterocycles. The average molecular weight is 291 g/mol. The normalized spacial score (nSPS) is 18.9. The van der Waals surface area contributed by atoms with E-state index in [1.54, 1.807) is 4.90 Å². The second-order valence-corrected chi connectivity index (χ2v) is 4.57. The van der Waals surface area contributed by atoms with E-state index in [1.165, 1.54) is 6.07 Å². The number of rotatable bonds is 2. The van der Waals surface area contributed by atoms with Crippen LogP contribution in [0.1, 0.15) is 12.5 Å². The van der Waals surface area contributed by atoms with Gasteiger partial charge < -0.3 is 10.2 Å². The fourth-order valence-electron chi connectivity index (χ4n) is 2.14. The molecule has 19 heavy (non-hydrogen) atoms. The van der Waals surface area contributed by atoms with Crippen LogP contribution in [-0.2, 0) is 11.2 Å². The van der Waals surface area contributed by atoms with Crippen molar-refractivity contribution < 1.29 is 13.6 Å². The van der Waals surface area contributed by atoms with Crippen LogP contribution in [-0.4, -0.2) is 36.5 Å². The number of hydrogen-bond acceptors (Lipinski definition) is 2. The van der Waals surface area contributed by atoms with Gasteiger partial charge in [-0.05, 0) is 24.6 Å². The predicted octanol–water partition coefficient (Wildman–Crippen LogP) is 1.75. The van der Waals surface area contributed by atoms with E-state index >= 15 is 0 Å². The molecule has 0 bridgehead atoms. The van der Waals surface area contributed by atoms with Crippen LogP contribution >= 0.6 is 12.4 Å². The van der Waals surface area contributed by atoms with Gasteiger partial charge in [0.25, 0.3) is 0 Å². The summed E-state index contributed by atoms with van der Waals surface area (Å²) in [5, 5.41) is 3.20. The summed E-state index contributed by atoms with van der Waals surface area (Å²) in [7, 11) is 0. The molecule has 0 unspecified atom stereocenters. The molecule has 1 aliphatic rings. The molecule has 1 aliphatic heterocycles. The van der Waals surface area contributed by atoms with E-state index in [-0.39, 0.29) is 30.8 Å². The summed E-state index contributed by atoms with van der Waals surface area (Å²) in [6.45, 7) is 4.16. The number of hydrogen-bond donors (Lipinski definition) is 1. The number of carbonyl (C=O) groups is 1. The number of halogens is 3. The zero-order valence-corrected chi connectivity index (χ0v) is 11.5. The number of benzene rings is 1. The molecule has 1 aromatic carbocycles. The number of piperazine rings is 1. The van der Waals surface area contributed by atoms with Gasteiger partial charge in [-0.1, -0.05) is 6.07 Å². The van der Waals surface area contributed by atoms with Gasteiger partial charge in [0.1, 0.15) is 0 Å². The van der Waals surface area contributed by atoms with E-state index in [0.717, 1.165) is 25.2 Å². The van der Waals surface area contributed by atoms with Crippen LogP contribution in [0, 0.1) is 11.6 Å². The molecule has 3 nitrogen and oxygen atoms in total. The predicted molar refractivity (Wildman–Crippen MR) is 71.4 cm³/mol. The number of amides is 1. The summed E-state index contributed by atoms with van der Waals surface area (Å²) in [6.07, 6.45) is 0.113. The molecule has 6 heteroatoms. The summed E-state index contributed by atoms with van der Waals surface area (Å²) in [6, 6.07) is 3.72. The molecule has 1 fully saturated rings. The smallest absolute Gasteiger partial charge is 0.227 e. The summed E-state index contributed by atoms with van der Waals surface area (Å²) in [5.41, 5.74) is 0.504. The van der Waals surface area contributed by atoms with Crippen molar-refractivity contribution in [2.24, 2.45) is 0 Å². The van der Waals surface area contributed by atoms with Gasteiger partial charge in [-0.25, -0.2) is 8.78 Å². The molecule has 1 amide bonds. The molecular formula is C13H17ClF2N2O. The standard InChI is InChI=1S/C13H16F2N2O.ClH/c1-9-8-16-4-5-17(9)13(18)7-10-2-3-11(14)12(15)6-10;/h2-3,6,9,16H,4-5,7-8H2,1H3;1H/t9-;/m1./s1. The molecule has 1 aromatic rings. The lowest BCUT2D eigenvalue weighted by Crippen LogP contribution is -2.52. The molecular weight excluding hydrogens is 274 g/mol. The van der Waals surface area contributed by atoms with Crippen LogP contribution in [0.3, 0.4) is 0 Å². The largest absolute Gasteiger partial charge is 0.337 e. The maximum Gasteiger partial charge on any atom is 0.227 e. The second-order valence-electron chi connectivity index (χ2n) is 4.57. The van der Waals surface area contributed by atoms with E-state index in [9.17, 15) is 13.6 Å². The van der Waals surface area contributed by atoms with Gasteiger partial charge in [0.05, 0.1) is 6.42 Å². The number of nitrogens with zero attached hydrogens (tertiary/aromatic N) is 1. The SMILES string of the molecule is C[C@@H]1CNCCN1C(=O)Cc1ccc(F)c(F)c1.Cl. The van der Waals surface area contributed by atoms with Crippen LogP contribution in [0.25, 0.3) is 0 Å². The number of carbonyl (C=O) groups excluding carboxylic acids is 1. The first-order valence-corrected chi connectivity index (χ1v) is 6.02. The van der Waals surface area contributed by atoms with Gasteiger partial charge in [-0.15, -0.1) is 12.4 Å². The minimum Gasteiger partial charge on any atom is -0.337 e. The van der Waals surface area contributed by atoms with Crippen molar-refractivity contribution in [3.05, 3.63) is 35.4 Å². The maximum atomic E-state index is 13.0. The third-order valence-electron chi connectivity index (χ3n) is 3.16. The molecule has 0 aromatic heterocycles. The Hall–Kier alpha value is -1.20. The first-order valence-electron chi connectivity index (χ1n) is 6.02. The maximum absolute atomic E-state index is 13.0. The third-order valence-corrected chi connectivity index (χ3v) is 3.16. The molecule has 0 radical (unpaired) electrons. The molecule has 1 N–H and O–H groups in total. The Morgan fingerprint density at radius 1 is 1.42 bits per heavy atom. The monoisotopic (exact) mass is 290 g/mol. The van der Waals surface area contributed by atoms with E-state index < -0.39 is 11.6 Å². The molecule has 0 aliphatic carbocycles. The van der Waals surface area contributed by atoms with Crippen LogP contribution in [0.4, 0.5) is 8.78 Å². The van der Waals surface area contributed by atoms with Gasteiger partial charge in [0, 0.05) is 25.7 Å². The quantitative estimate of drug-likeness (QED) is 0.900. The highest BCUT2D eigenvalue weighted by Gasteiger charge is 2.22. The zero-order valence-electron chi connectivity index (χ0n) is 10.7. The second kappa shape index (κ2) is 6.82. The van der Waals surface area contributed by atoms with Crippen LogP contribution < -0.4 is 5.32 Å². The van der Waals surface area contributed by atoms with Gasteiger partial charge in [0.15, 0.2) is 11.6 Å². The Labute approximate surface area is 117 Å². The minimum atomic E-state index is -0.909. The molecule has 0 spiro atoms. The molecule has 2 rings (SSSR count).